The molecule has 6 nitrogen and oxygen atoms in total. The van der Waals surface area contributed by atoms with E-state index >= 15 is 0 Å². The second-order valence-electron chi connectivity index (χ2n) is 7.94. The summed E-state index contributed by atoms with van der Waals surface area (Å²) in [6, 6.07) is 20.8. The van der Waals surface area contributed by atoms with Gasteiger partial charge in [0.15, 0.2) is 0 Å². The molecular weight excluding hydrogens is 404 g/mol. The number of amides is 1. The SMILES string of the molecule is CCOc1ccccc1CN1C[C@H](NC(=O)c2cccc3ccccc23)C[C@H]1C(=O)OC. The Labute approximate surface area is 188 Å². The van der Waals surface area contributed by atoms with Crippen LogP contribution in [-0.2, 0) is 16.1 Å². The summed E-state index contributed by atoms with van der Waals surface area (Å²) in [5, 5.41) is 5.07. The van der Waals surface area contributed by atoms with Crippen molar-refractivity contribution in [3.05, 3.63) is 77.9 Å². The summed E-state index contributed by atoms with van der Waals surface area (Å²) in [5.41, 5.74) is 1.64. The van der Waals surface area contributed by atoms with Crippen molar-refractivity contribution in [2.75, 3.05) is 20.3 Å². The highest BCUT2D eigenvalue weighted by Gasteiger charge is 2.38. The molecule has 0 aromatic heterocycles. The Hall–Kier alpha value is -3.38. The average molecular weight is 433 g/mol. The third-order valence-corrected chi connectivity index (χ3v) is 5.89. The molecule has 0 aliphatic carbocycles. The molecule has 0 unspecified atom stereocenters. The Morgan fingerprint density at radius 3 is 2.59 bits per heavy atom. The Bertz CT molecular complexity index is 1110. The molecule has 1 amide bonds. The highest BCUT2D eigenvalue weighted by Crippen LogP contribution is 2.27. The minimum absolute atomic E-state index is 0.132. The van der Waals surface area contributed by atoms with Gasteiger partial charge in [0.1, 0.15) is 11.8 Å². The summed E-state index contributed by atoms with van der Waals surface area (Å²) in [6.07, 6.45) is 0.500. The lowest BCUT2D eigenvalue weighted by Crippen LogP contribution is -2.37. The molecule has 3 aromatic rings. The van der Waals surface area contributed by atoms with E-state index in [1.54, 1.807) is 0 Å². The zero-order chi connectivity index (χ0) is 22.5. The molecule has 1 aliphatic heterocycles. The van der Waals surface area contributed by atoms with Crippen LogP contribution in [0.1, 0.15) is 29.3 Å². The second-order valence-corrected chi connectivity index (χ2v) is 7.94. The fraction of sp³-hybridized carbons (Fsp3) is 0.308. The lowest BCUT2D eigenvalue weighted by molar-refractivity contribution is -0.146. The van der Waals surface area contributed by atoms with E-state index in [1.165, 1.54) is 7.11 Å². The van der Waals surface area contributed by atoms with Crippen LogP contribution < -0.4 is 10.1 Å². The standard InChI is InChI=1S/C26H28N2O4/c1-3-32-24-14-7-5-10-19(24)16-28-17-20(15-23(28)26(30)31-2)27-25(29)22-13-8-11-18-9-4-6-12-21(18)22/h4-14,20,23H,3,15-17H2,1-2H3,(H,27,29)/t20-,23+/m1/s1. The molecule has 0 spiro atoms. The number of esters is 1. The first-order valence-corrected chi connectivity index (χ1v) is 10.9. The molecule has 4 rings (SSSR count). The van der Waals surface area contributed by atoms with Crippen LogP contribution in [0.5, 0.6) is 5.75 Å². The Kier molecular flexibility index (Phi) is 6.71. The second kappa shape index (κ2) is 9.83. The number of hydrogen-bond donors (Lipinski definition) is 1. The predicted octanol–water partition coefficient (Wildman–Crippen LogP) is 3.78. The minimum Gasteiger partial charge on any atom is -0.494 e. The maximum Gasteiger partial charge on any atom is 0.323 e. The van der Waals surface area contributed by atoms with Crippen LogP contribution in [0, 0.1) is 0 Å². The molecule has 1 saturated heterocycles. The molecule has 2 atom stereocenters. The fourth-order valence-electron chi connectivity index (χ4n) is 4.40. The Morgan fingerprint density at radius 1 is 1.03 bits per heavy atom. The van der Waals surface area contributed by atoms with E-state index in [0.29, 0.717) is 31.7 Å². The zero-order valence-electron chi connectivity index (χ0n) is 18.4. The number of fused-ring (bicyclic) bond motifs is 1. The van der Waals surface area contributed by atoms with Gasteiger partial charge >= 0.3 is 5.97 Å². The summed E-state index contributed by atoms with van der Waals surface area (Å²) in [7, 11) is 1.40. The van der Waals surface area contributed by atoms with Crippen molar-refractivity contribution in [3.8, 4) is 5.75 Å². The number of carbonyl (C=O) groups excluding carboxylic acids is 2. The molecule has 1 aliphatic rings. The molecule has 0 bridgehead atoms. The number of para-hydroxylation sites is 1. The van der Waals surface area contributed by atoms with Crippen LogP contribution in [0.25, 0.3) is 10.8 Å². The lowest BCUT2D eigenvalue weighted by atomic mass is 10.0. The number of hydrogen-bond acceptors (Lipinski definition) is 5. The van der Waals surface area contributed by atoms with Gasteiger partial charge in [0.2, 0.25) is 0 Å². The third-order valence-electron chi connectivity index (χ3n) is 5.89. The van der Waals surface area contributed by atoms with E-state index in [4.69, 9.17) is 9.47 Å². The molecule has 0 saturated carbocycles. The number of nitrogens with zero attached hydrogens (tertiary/aromatic N) is 1. The van der Waals surface area contributed by atoms with E-state index in [-0.39, 0.29) is 17.9 Å². The van der Waals surface area contributed by atoms with Gasteiger partial charge in [-0.25, -0.2) is 0 Å². The van der Waals surface area contributed by atoms with Gasteiger partial charge in [-0.05, 0) is 36.2 Å². The topological polar surface area (TPSA) is 67.9 Å². The largest absolute Gasteiger partial charge is 0.494 e. The number of likely N-dealkylation sites (tertiary alicyclic amines) is 1. The minimum atomic E-state index is -0.424. The normalized spacial score (nSPS) is 18.4. The third kappa shape index (κ3) is 4.60. The molecule has 32 heavy (non-hydrogen) atoms. The first-order chi connectivity index (χ1) is 15.6. The number of methoxy groups -OCH3 is 1. The average Bonchev–Trinajstić information content (AvgIpc) is 3.21. The number of ether oxygens (including phenoxy) is 2. The summed E-state index contributed by atoms with van der Waals surface area (Å²) >= 11 is 0. The van der Waals surface area contributed by atoms with Crippen LogP contribution in [0.4, 0.5) is 0 Å². The lowest BCUT2D eigenvalue weighted by Gasteiger charge is -2.23. The van der Waals surface area contributed by atoms with Crippen molar-refractivity contribution < 1.29 is 19.1 Å². The molecule has 1 heterocycles. The molecule has 3 aromatic carbocycles. The van der Waals surface area contributed by atoms with Gasteiger partial charge in [-0.1, -0.05) is 54.6 Å². The van der Waals surface area contributed by atoms with Crippen LogP contribution in [0.2, 0.25) is 0 Å². The van der Waals surface area contributed by atoms with E-state index < -0.39 is 6.04 Å². The van der Waals surface area contributed by atoms with Crippen molar-refractivity contribution in [2.24, 2.45) is 0 Å². The summed E-state index contributed by atoms with van der Waals surface area (Å²) in [5.74, 6) is 0.384. The van der Waals surface area contributed by atoms with Crippen molar-refractivity contribution in [3.63, 3.8) is 0 Å². The maximum atomic E-state index is 13.1. The van der Waals surface area contributed by atoms with E-state index in [9.17, 15) is 9.59 Å². The number of carbonyl (C=O) groups is 2. The van der Waals surface area contributed by atoms with E-state index in [0.717, 1.165) is 22.1 Å². The van der Waals surface area contributed by atoms with Gasteiger partial charge in [-0.15, -0.1) is 0 Å². The van der Waals surface area contributed by atoms with Gasteiger partial charge in [0.05, 0.1) is 13.7 Å². The van der Waals surface area contributed by atoms with E-state index in [1.807, 2.05) is 73.7 Å². The fourth-order valence-corrected chi connectivity index (χ4v) is 4.40. The van der Waals surface area contributed by atoms with Crippen molar-refractivity contribution in [1.29, 1.82) is 0 Å². The quantitative estimate of drug-likeness (QED) is 0.576. The molecule has 0 radical (unpaired) electrons. The van der Waals surface area contributed by atoms with Crippen LogP contribution >= 0.6 is 0 Å². The van der Waals surface area contributed by atoms with Crippen molar-refractivity contribution in [1.82, 2.24) is 10.2 Å². The zero-order valence-corrected chi connectivity index (χ0v) is 18.4. The Balaban J connectivity index is 1.52. The van der Waals surface area contributed by atoms with Crippen molar-refractivity contribution >= 4 is 22.6 Å². The molecular formula is C26H28N2O4. The van der Waals surface area contributed by atoms with Crippen molar-refractivity contribution in [2.45, 2.75) is 32.0 Å². The number of nitrogens with one attached hydrogen (secondary N) is 1. The van der Waals surface area contributed by atoms with Gasteiger partial charge in [0, 0.05) is 30.3 Å². The molecule has 1 fully saturated rings. The molecule has 1 N–H and O–H groups in total. The summed E-state index contributed by atoms with van der Waals surface area (Å²) < 4.78 is 10.8. The maximum absolute atomic E-state index is 13.1. The number of benzene rings is 3. The van der Waals surface area contributed by atoms with Crippen LogP contribution in [0.3, 0.4) is 0 Å². The highest BCUT2D eigenvalue weighted by molar-refractivity contribution is 6.07. The Morgan fingerprint density at radius 2 is 1.78 bits per heavy atom. The summed E-state index contributed by atoms with van der Waals surface area (Å²) in [6.45, 7) is 3.61. The van der Waals surface area contributed by atoms with Gasteiger partial charge < -0.3 is 14.8 Å². The van der Waals surface area contributed by atoms with Gasteiger partial charge in [0.25, 0.3) is 5.91 Å². The molecule has 6 heteroatoms. The number of rotatable bonds is 7. The smallest absolute Gasteiger partial charge is 0.323 e. The van der Waals surface area contributed by atoms with E-state index in [2.05, 4.69) is 10.2 Å². The van der Waals surface area contributed by atoms with Crippen LogP contribution in [0.15, 0.2) is 66.7 Å². The first kappa shape index (κ1) is 21.8. The summed E-state index contributed by atoms with van der Waals surface area (Å²) in [4.78, 5) is 27.6. The molecule has 166 valence electrons. The predicted molar refractivity (Wildman–Crippen MR) is 124 cm³/mol. The first-order valence-electron chi connectivity index (χ1n) is 10.9. The monoisotopic (exact) mass is 432 g/mol. The van der Waals surface area contributed by atoms with Gasteiger partial charge in [-0.3, -0.25) is 14.5 Å². The highest BCUT2D eigenvalue weighted by atomic mass is 16.5. The van der Waals surface area contributed by atoms with Crippen LogP contribution in [-0.4, -0.2) is 49.1 Å². The van der Waals surface area contributed by atoms with Gasteiger partial charge in [-0.2, -0.15) is 0 Å².